The third-order valence-electron chi connectivity index (χ3n) is 4.58. The number of halogens is 1. The van der Waals surface area contributed by atoms with Crippen molar-refractivity contribution in [2.24, 2.45) is 0 Å². The molecule has 0 aliphatic rings. The summed E-state index contributed by atoms with van der Waals surface area (Å²) in [7, 11) is 0. The predicted octanol–water partition coefficient (Wildman–Crippen LogP) is 4.76. The van der Waals surface area contributed by atoms with Gasteiger partial charge < -0.3 is 15.1 Å². The van der Waals surface area contributed by atoms with Crippen LogP contribution in [0.5, 0.6) is 0 Å². The van der Waals surface area contributed by atoms with Crippen molar-refractivity contribution >= 4 is 29.5 Å². The van der Waals surface area contributed by atoms with Crippen molar-refractivity contribution < 1.29 is 14.0 Å². The molecule has 0 bridgehead atoms. The van der Waals surface area contributed by atoms with Crippen molar-refractivity contribution in [2.45, 2.75) is 19.8 Å². The van der Waals surface area contributed by atoms with E-state index in [4.69, 9.17) is 16.0 Å². The molecule has 3 aromatic rings. The maximum Gasteiger partial charge on any atom is 0.267 e. The summed E-state index contributed by atoms with van der Waals surface area (Å²) >= 11 is 6.17. The summed E-state index contributed by atoms with van der Waals surface area (Å²) in [6, 6.07) is 18.3. The first-order valence-corrected chi connectivity index (χ1v) is 10.1. The Hall–Kier alpha value is -3.31. The summed E-state index contributed by atoms with van der Waals surface area (Å²) in [4.78, 5) is 25.4. The molecule has 5 nitrogen and oxygen atoms in total. The minimum absolute atomic E-state index is 0.121. The number of nitrogens with one attached hydrogen (secondary N) is 2. The fraction of sp³-hybridized carbons (Fsp3) is 0.167. The number of aryl methyl sites for hydroxylation is 2. The van der Waals surface area contributed by atoms with Crippen molar-refractivity contribution in [2.75, 3.05) is 6.54 Å². The molecule has 0 aliphatic heterocycles. The molecule has 0 fully saturated rings. The molecule has 154 valence electrons. The van der Waals surface area contributed by atoms with Crippen LogP contribution in [0.1, 0.15) is 33.7 Å². The van der Waals surface area contributed by atoms with Gasteiger partial charge in [-0.3, -0.25) is 9.59 Å². The number of benzene rings is 2. The molecule has 0 atom stereocenters. The molecule has 6 heteroatoms. The largest absolute Gasteiger partial charge is 0.465 e. The number of carbonyl (C=O) groups is 2. The van der Waals surface area contributed by atoms with Gasteiger partial charge in [0.25, 0.3) is 11.8 Å². The van der Waals surface area contributed by atoms with Gasteiger partial charge in [0, 0.05) is 23.2 Å². The lowest BCUT2D eigenvalue weighted by Gasteiger charge is -2.12. The topological polar surface area (TPSA) is 71.3 Å². The average molecular weight is 423 g/mol. The van der Waals surface area contributed by atoms with Crippen LogP contribution in [0.25, 0.3) is 6.08 Å². The summed E-state index contributed by atoms with van der Waals surface area (Å²) in [5.41, 5.74) is 2.49. The molecular weight excluding hydrogens is 400 g/mol. The Morgan fingerprint density at radius 1 is 1.03 bits per heavy atom. The third kappa shape index (κ3) is 5.84. The molecule has 1 aromatic heterocycles. The first-order valence-electron chi connectivity index (χ1n) is 9.68. The minimum atomic E-state index is -0.382. The Labute approximate surface area is 180 Å². The monoisotopic (exact) mass is 422 g/mol. The van der Waals surface area contributed by atoms with E-state index in [1.807, 2.05) is 43.3 Å². The molecule has 2 amide bonds. The van der Waals surface area contributed by atoms with E-state index in [2.05, 4.69) is 10.6 Å². The van der Waals surface area contributed by atoms with E-state index in [1.54, 1.807) is 24.3 Å². The van der Waals surface area contributed by atoms with Crippen LogP contribution in [0.2, 0.25) is 5.02 Å². The second-order valence-corrected chi connectivity index (χ2v) is 7.20. The number of carbonyl (C=O) groups excluding carboxylic acids is 2. The summed E-state index contributed by atoms with van der Waals surface area (Å²) in [5.74, 6) is -0.258. The second kappa shape index (κ2) is 10.5. The highest BCUT2D eigenvalue weighted by atomic mass is 35.5. The molecule has 0 saturated carbocycles. The van der Waals surface area contributed by atoms with E-state index in [-0.39, 0.29) is 17.5 Å². The molecular formula is C24H23ClN2O3. The lowest BCUT2D eigenvalue weighted by Crippen LogP contribution is -2.35. The average Bonchev–Trinajstić information content (AvgIpc) is 3.25. The summed E-state index contributed by atoms with van der Waals surface area (Å²) in [5, 5.41) is 6.27. The highest BCUT2D eigenvalue weighted by Crippen LogP contribution is 2.16. The van der Waals surface area contributed by atoms with E-state index in [1.165, 1.54) is 12.3 Å². The number of rotatable bonds is 8. The van der Waals surface area contributed by atoms with Crippen LogP contribution < -0.4 is 10.6 Å². The van der Waals surface area contributed by atoms with E-state index in [9.17, 15) is 9.59 Å². The van der Waals surface area contributed by atoms with Gasteiger partial charge in [-0.05, 0) is 55.2 Å². The minimum Gasteiger partial charge on any atom is -0.465 e. The molecule has 2 N–H and O–H groups in total. The second-order valence-electron chi connectivity index (χ2n) is 6.79. The van der Waals surface area contributed by atoms with Crippen LogP contribution in [-0.2, 0) is 11.2 Å². The maximum atomic E-state index is 12.7. The number of hydrogen-bond acceptors (Lipinski definition) is 3. The van der Waals surface area contributed by atoms with Gasteiger partial charge in [-0.1, -0.05) is 48.0 Å². The Morgan fingerprint density at radius 2 is 1.80 bits per heavy atom. The normalized spacial score (nSPS) is 11.2. The van der Waals surface area contributed by atoms with Gasteiger partial charge in [0.1, 0.15) is 11.5 Å². The van der Waals surface area contributed by atoms with E-state index >= 15 is 0 Å². The van der Waals surface area contributed by atoms with Gasteiger partial charge in [-0.25, -0.2) is 0 Å². The van der Waals surface area contributed by atoms with Crippen LogP contribution >= 0.6 is 11.6 Å². The fourth-order valence-corrected chi connectivity index (χ4v) is 3.20. The van der Waals surface area contributed by atoms with Crippen molar-refractivity contribution in [3.8, 4) is 0 Å². The number of hydrogen-bond donors (Lipinski definition) is 2. The van der Waals surface area contributed by atoms with Gasteiger partial charge in [0.2, 0.25) is 0 Å². The number of amides is 2. The SMILES string of the molecule is Cc1ccccc1C(=O)N/C(=C\c1ccco1)C(=O)NCCCc1ccccc1Cl. The van der Waals surface area contributed by atoms with Crippen molar-refractivity contribution in [1.82, 2.24) is 10.6 Å². The maximum absolute atomic E-state index is 12.7. The molecule has 30 heavy (non-hydrogen) atoms. The fourth-order valence-electron chi connectivity index (χ4n) is 2.97. The molecule has 0 aliphatic carbocycles. The first-order chi connectivity index (χ1) is 14.5. The van der Waals surface area contributed by atoms with Crippen molar-refractivity contribution in [3.63, 3.8) is 0 Å². The third-order valence-corrected chi connectivity index (χ3v) is 4.95. The first kappa shape index (κ1) is 21.4. The molecule has 2 aromatic carbocycles. The van der Waals surface area contributed by atoms with E-state index in [0.29, 0.717) is 22.9 Å². The highest BCUT2D eigenvalue weighted by molar-refractivity contribution is 6.31. The highest BCUT2D eigenvalue weighted by Gasteiger charge is 2.16. The van der Waals surface area contributed by atoms with Gasteiger partial charge >= 0.3 is 0 Å². The van der Waals surface area contributed by atoms with Crippen LogP contribution in [-0.4, -0.2) is 18.4 Å². The summed E-state index contributed by atoms with van der Waals surface area (Å²) in [6.07, 6.45) is 4.48. The van der Waals surface area contributed by atoms with Crippen LogP contribution in [0.15, 0.2) is 77.0 Å². The van der Waals surface area contributed by atoms with Crippen LogP contribution in [0, 0.1) is 6.92 Å². The van der Waals surface area contributed by atoms with E-state index < -0.39 is 0 Å². The van der Waals surface area contributed by atoms with E-state index in [0.717, 1.165) is 24.0 Å². The molecule has 0 spiro atoms. The lowest BCUT2D eigenvalue weighted by molar-refractivity contribution is -0.117. The Bertz CT molecular complexity index is 1040. The summed E-state index contributed by atoms with van der Waals surface area (Å²) in [6.45, 7) is 2.29. The molecule has 0 saturated heterocycles. The smallest absolute Gasteiger partial charge is 0.267 e. The molecule has 0 unspecified atom stereocenters. The number of furan rings is 1. The predicted molar refractivity (Wildman–Crippen MR) is 118 cm³/mol. The molecule has 0 radical (unpaired) electrons. The lowest BCUT2D eigenvalue weighted by atomic mass is 10.1. The van der Waals surface area contributed by atoms with Gasteiger partial charge in [-0.2, -0.15) is 0 Å². The van der Waals surface area contributed by atoms with Gasteiger partial charge in [-0.15, -0.1) is 0 Å². The van der Waals surface area contributed by atoms with Crippen LogP contribution in [0.4, 0.5) is 0 Å². The zero-order valence-electron chi connectivity index (χ0n) is 16.7. The summed E-state index contributed by atoms with van der Waals surface area (Å²) < 4.78 is 5.30. The molecule has 3 rings (SSSR count). The zero-order chi connectivity index (χ0) is 21.3. The zero-order valence-corrected chi connectivity index (χ0v) is 17.4. The Balaban J connectivity index is 1.65. The standard InChI is InChI=1S/C24H23ClN2O3/c1-17-8-2-4-12-20(17)23(28)27-22(16-19-11-7-15-30-19)24(29)26-14-6-10-18-9-3-5-13-21(18)25/h2-5,7-9,11-13,15-16H,6,10,14H2,1H3,(H,26,29)(H,27,28)/b22-16-. The van der Waals surface area contributed by atoms with Crippen molar-refractivity contribution in [3.05, 3.63) is 100 Å². The quantitative estimate of drug-likeness (QED) is 0.406. The molecule has 1 heterocycles. The van der Waals surface area contributed by atoms with Crippen molar-refractivity contribution in [1.29, 1.82) is 0 Å². The van der Waals surface area contributed by atoms with Crippen LogP contribution in [0.3, 0.4) is 0 Å². The van der Waals surface area contributed by atoms with Gasteiger partial charge in [0.15, 0.2) is 0 Å². The Kier molecular flexibility index (Phi) is 7.46. The Morgan fingerprint density at radius 3 is 2.53 bits per heavy atom. The van der Waals surface area contributed by atoms with Gasteiger partial charge in [0.05, 0.1) is 6.26 Å².